The summed E-state index contributed by atoms with van der Waals surface area (Å²) in [6.45, 7) is 8.99. The first-order chi connectivity index (χ1) is 14.5. The van der Waals surface area contributed by atoms with Gasteiger partial charge >= 0.3 is 6.09 Å². The molecule has 2 amide bonds. The van der Waals surface area contributed by atoms with Crippen LogP contribution in [0.15, 0.2) is 24.3 Å². The lowest BCUT2D eigenvalue weighted by Gasteiger charge is -2.35. The van der Waals surface area contributed by atoms with Crippen LogP contribution in [0.4, 0.5) is 4.79 Å². The third kappa shape index (κ3) is 8.99. The first-order valence-corrected chi connectivity index (χ1v) is 11.0. The minimum atomic E-state index is -0.525. The zero-order valence-corrected chi connectivity index (χ0v) is 19.5. The number of benzene rings is 1. The normalized spacial score (nSPS) is 16.5. The van der Waals surface area contributed by atoms with Gasteiger partial charge in [-0.15, -0.1) is 0 Å². The molecule has 0 aromatic heterocycles. The molecule has 1 aromatic rings. The van der Waals surface area contributed by atoms with Gasteiger partial charge in [0, 0.05) is 33.1 Å². The number of amides is 2. The summed E-state index contributed by atoms with van der Waals surface area (Å²) in [5, 5.41) is 0. The van der Waals surface area contributed by atoms with Crippen molar-refractivity contribution in [2.75, 3.05) is 33.3 Å². The van der Waals surface area contributed by atoms with E-state index in [-0.39, 0.29) is 30.3 Å². The van der Waals surface area contributed by atoms with Gasteiger partial charge in [0.1, 0.15) is 17.1 Å². The summed E-state index contributed by atoms with van der Waals surface area (Å²) in [6, 6.07) is 7.51. The fourth-order valence-electron chi connectivity index (χ4n) is 3.55. The number of piperidine rings is 1. The van der Waals surface area contributed by atoms with E-state index in [1.54, 1.807) is 18.9 Å². The molecule has 0 aliphatic carbocycles. The van der Waals surface area contributed by atoms with Crippen molar-refractivity contribution in [1.29, 1.82) is 0 Å². The van der Waals surface area contributed by atoms with Crippen molar-refractivity contribution in [3.05, 3.63) is 29.8 Å². The Morgan fingerprint density at radius 1 is 1.16 bits per heavy atom. The van der Waals surface area contributed by atoms with Gasteiger partial charge in [-0.25, -0.2) is 4.79 Å². The Morgan fingerprint density at radius 3 is 2.45 bits per heavy atom. The van der Waals surface area contributed by atoms with E-state index < -0.39 is 5.60 Å². The molecule has 0 saturated carbocycles. The Hall–Kier alpha value is -2.57. The molecule has 0 N–H and O–H groups in total. The number of likely N-dealkylation sites (tertiary alicyclic amines) is 1. The Balaban J connectivity index is 1.79. The Morgan fingerprint density at radius 2 is 1.84 bits per heavy atom. The maximum atomic E-state index is 12.6. The van der Waals surface area contributed by atoms with Crippen molar-refractivity contribution < 1.29 is 23.9 Å². The van der Waals surface area contributed by atoms with Gasteiger partial charge in [-0.2, -0.15) is 0 Å². The van der Waals surface area contributed by atoms with Crippen LogP contribution in [0, 0.1) is 5.92 Å². The minimum Gasteiger partial charge on any atom is -0.484 e. The highest BCUT2D eigenvalue weighted by molar-refractivity contribution is 5.78. The van der Waals surface area contributed by atoms with Gasteiger partial charge in [0.2, 0.25) is 0 Å². The van der Waals surface area contributed by atoms with E-state index in [0.717, 1.165) is 18.4 Å². The second kappa shape index (κ2) is 11.2. The van der Waals surface area contributed by atoms with Crippen LogP contribution in [0.5, 0.6) is 5.75 Å². The van der Waals surface area contributed by atoms with Crippen LogP contribution in [-0.4, -0.2) is 66.5 Å². The molecule has 1 fully saturated rings. The van der Waals surface area contributed by atoms with Gasteiger partial charge in [0.15, 0.2) is 6.61 Å². The number of nitrogens with zero attached hydrogens (tertiary/aromatic N) is 2. The average Bonchev–Trinajstić information content (AvgIpc) is 2.70. The molecule has 1 unspecified atom stereocenters. The fourth-order valence-corrected chi connectivity index (χ4v) is 3.55. The van der Waals surface area contributed by atoms with Crippen LogP contribution < -0.4 is 4.74 Å². The number of hydrogen-bond acceptors (Lipinski definition) is 5. The fraction of sp³-hybridized carbons (Fsp3) is 0.625. The second-order valence-corrected chi connectivity index (χ2v) is 9.34. The zero-order valence-electron chi connectivity index (χ0n) is 19.5. The molecule has 0 radical (unpaired) electrons. The Labute approximate surface area is 185 Å². The highest BCUT2D eigenvalue weighted by Crippen LogP contribution is 2.19. The number of carbonyl (C=O) groups is 3. The molecule has 172 valence electrons. The van der Waals surface area contributed by atoms with E-state index in [2.05, 4.69) is 0 Å². The SMILES string of the molecule is CC(=O)CCc1ccc(OCC(=O)N2CCCC(CN(C)C(=O)OC(C)(C)C)C2)cc1. The van der Waals surface area contributed by atoms with E-state index in [4.69, 9.17) is 9.47 Å². The van der Waals surface area contributed by atoms with Crippen molar-refractivity contribution in [2.24, 2.45) is 5.92 Å². The highest BCUT2D eigenvalue weighted by Gasteiger charge is 2.27. The second-order valence-electron chi connectivity index (χ2n) is 9.34. The molecule has 0 bridgehead atoms. The quantitative estimate of drug-likeness (QED) is 0.626. The third-order valence-electron chi connectivity index (χ3n) is 5.16. The van der Waals surface area contributed by atoms with E-state index in [0.29, 0.717) is 38.2 Å². The van der Waals surface area contributed by atoms with Crippen molar-refractivity contribution >= 4 is 17.8 Å². The Bertz CT molecular complexity index is 754. The van der Waals surface area contributed by atoms with Gasteiger partial charge in [-0.3, -0.25) is 4.79 Å². The zero-order chi connectivity index (χ0) is 23.0. The van der Waals surface area contributed by atoms with Crippen LogP contribution in [0.25, 0.3) is 0 Å². The molecule has 1 aliphatic rings. The van der Waals surface area contributed by atoms with E-state index >= 15 is 0 Å². The number of Topliss-reactive ketones (excluding diaryl/α,β-unsaturated/α-hetero) is 1. The number of ketones is 1. The molecule has 7 heteroatoms. The summed E-state index contributed by atoms with van der Waals surface area (Å²) in [5.74, 6) is 0.974. The lowest BCUT2D eigenvalue weighted by atomic mass is 9.97. The lowest BCUT2D eigenvalue weighted by molar-refractivity contribution is -0.135. The predicted molar refractivity (Wildman–Crippen MR) is 119 cm³/mol. The summed E-state index contributed by atoms with van der Waals surface area (Å²) < 4.78 is 11.1. The molecule has 1 heterocycles. The van der Waals surface area contributed by atoms with Crippen molar-refractivity contribution in [1.82, 2.24) is 9.80 Å². The molecule has 7 nitrogen and oxygen atoms in total. The minimum absolute atomic E-state index is 0.0125. The summed E-state index contributed by atoms with van der Waals surface area (Å²) in [5.41, 5.74) is 0.546. The number of hydrogen-bond donors (Lipinski definition) is 0. The molecule has 1 aliphatic heterocycles. The standard InChI is InChI=1S/C24H36N2O5/c1-18(27)8-9-19-10-12-21(13-11-19)30-17-22(28)26-14-6-7-20(16-26)15-25(5)23(29)31-24(2,3)4/h10-13,20H,6-9,14-17H2,1-5H3. The maximum Gasteiger partial charge on any atom is 0.410 e. The van der Waals surface area contributed by atoms with Gasteiger partial charge in [0.25, 0.3) is 5.91 Å². The van der Waals surface area contributed by atoms with Gasteiger partial charge < -0.3 is 24.1 Å². The largest absolute Gasteiger partial charge is 0.484 e. The average molecular weight is 433 g/mol. The summed E-state index contributed by atoms with van der Waals surface area (Å²) in [7, 11) is 1.73. The van der Waals surface area contributed by atoms with Crippen molar-refractivity contribution in [3.63, 3.8) is 0 Å². The molecule has 2 rings (SSSR count). The molecular weight excluding hydrogens is 396 g/mol. The van der Waals surface area contributed by atoms with E-state index in [1.165, 1.54) is 0 Å². The number of carbonyl (C=O) groups excluding carboxylic acids is 3. The molecule has 31 heavy (non-hydrogen) atoms. The molecule has 1 saturated heterocycles. The van der Waals surface area contributed by atoms with E-state index in [9.17, 15) is 14.4 Å². The lowest BCUT2D eigenvalue weighted by Crippen LogP contribution is -2.46. The summed E-state index contributed by atoms with van der Waals surface area (Å²) in [4.78, 5) is 39.3. The number of rotatable bonds is 8. The molecule has 1 atom stereocenters. The molecule has 1 aromatic carbocycles. The van der Waals surface area contributed by atoms with Crippen LogP contribution in [0.1, 0.15) is 52.5 Å². The van der Waals surface area contributed by atoms with Crippen molar-refractivity contribution in [3.8, 4) is 5.75 Å². The first kappa shape index (κ1) is 24.7. The van der Waals surface area contributed by atoms with Crippen molar-refractivity contribution in [2.45, 2.75) is 59.0 Å². The molecule has 0 spiro atoms. The van der Waals surface area contributed by atoms with Gasteiger partial charge in [0.05, 0.1) is 0 Å². The van der Waals surface area contributed by atoms with Gasteiger partial charge in [-0.1, -0.05) is 12.1 Å². The van der Waals surface area contributed by atoms with Crippen LogP contribution >= 0.6 is 0 Å². The highest BCUT2D eigenvalue weighted by atomic mass is 16.6. The van der Waals surface area contributed by atoms with Gasteiger partial charge in [-0.05, 0) is 70.6 Å². The molecular formula is C24H36N2O5. The smallest absolute Gasteiger partial charge is 0.410 e. The summed E-state index contributed by atoms with van der Waals surface area (Å²) >= 11 is 0. The third-order valence-corrected chi connectivity index (χ3v) is 5.16. The monoisotopic (exact) mass is 432 g/mol. The topological polar surface area (TPSA) is 76.2 Å². The predicted octanol–water partition coefficient (Wildman–Crippen LogP) is 3.69. The van der Waals surface area contributed by atoms with Crippen LogP contribution in [0.3, 0.4) is 0 Å². The number of ether oxygens (including phenoxy) is 2. The Kier molecular flexibility index (Phi) is 8.89. The van der Waals surface area contributed by atoms with E-state index in [1.807, 2.05) is 49.9 Å². The summed E-state index contributed by atoms with van der Waals surface area (Å²) in [6.07, 6.45) is 2.77. The van der Waals surface area contributed by atoms with Crippen LogP contribution in [-0.2, 0) is 20.7 Å². The van der Waals surface area contributed by atoms with Crippen LogP contribution in [0.2, 0.25) is 0 Å². The number of aryl methyl sites for hydroxylation is 1. The maximum absolute atomic E-state index is 12.6. The first-order valence-electron chi connectivity index (χ1n) is 11.0.